The Morgan fingerprint density at radius 3 is 2.33 bits per heavy atom. The molecule has 0 saturated carbocycles. The lowest BCUT2D eigenvalue weighted by Crippen LogP contribution is -2.40. The van der Waals surface area contributed by atoms with Crippen LogP contribution in [0.5, 0.6) is 0 Å². The van der Waals surface area contributed by atoms with Gasteiger partial charge in [0.15, 0.2) is 0 Å². The van der Waals surface area contributed by atoms with Crippen LogP contribution in [0, 0.1) is 0 Å². The van der Waals surface area contributed by atoms with Gasteiger partial charge in [-0.3, -0.25) is 14.8 Å². The van der Waals surface area contributed by atoms with Gasteiger partial charge >= 0.3 is 0 Å². The maximum Gasteiger partial charge on any atom is 0.252 e. The topological polar surface area (TPSA) is 55.3 Å². The normalized spacial score (nSPS) is 18.6. The highest BCUT2D eigenvalue weighted by Gasteiger charge is 2.27. The summed E-state index contributed by atoms with van der Waals surface area (Å²) in [6.07, 6.45) is 6.28. The van der Waals surface area contributed by atoms with Gasteiger partial charge in [0.1, 0.15) is 6.10 Å². The summed E-state index contributed by atoms with van der Waals surface area (Å²) in [6.45, 7) is 1.86. The molecular formula is C14H17N3O2S2. The predicted octanol–water partition coefficient (Wildman–Crippen LogP) is 2.70. The first-order chi connectivity index (χ1) is 10.3. The molecule has 1 fully saturated rings. The summed E-state index contributed by atoms with van der Waals surface area (Å²) < 4.78 is 5.64. The van der Waals surface area contributed by atoms with Crippen LogP contribution in [0.2, 0.25) is 0 Å². The van der Waals surface area contributed by atoms with E-state index in [1.54, 1.807) is 33.7 Å². The van der Waals surface area contributed by atoms with Gasteiger partial charge in [-0.2, -0.15) is 0 Å². The molecule has 2 aromatic heterocycles. The maximum absolute atomic E-state index is 12.7. The number of carbonyl (C=O) groups excluding carboxylic acids is 1. The first-order valence-corrected chi connectivity index (χ1v) is 8.74. The minimum atomic E-state index is -0.292. The van der Waals surface area contributed by atoms with Gasteiger partial charge in [-0.25, -0.2) is 0 Å². The van der Waals surface area contributed by atoms with Crippen LogP contribution >= 0.6 is 22.7 Å². The summed E-state index contributed by atoms with van der Waals surface area (Å²) in [4.78, 5) is 24.9. The molecule has 112 valence electrons. The molecule has 1 aliphatic heterocycles. The van der Waals surface area contributed by atoms with Gasteiger partial charge in [-0.1, -0.05) is 0 Å². The number of amides is 1. The Morgan fingerprint density at radius 1 is 1.19 bits per heavy atom. The Hall–Kier alpha value is -1.31. The second-order valence-electron chi connectivity index (χ2n) is 4.99. The molecule has 0 bridgehead atoms. The van der Waals surface area contributed by atoms with Gasteiger partial charge in [0.25, 0.3) is 5.91 Å². The van der Waals surface area contributed by atoms with E-state index in [-0.39, 0.29) is 12.0 Å². The zero-order valence-electron chi connectivity index (χ0n) is 11.6. The van der Waals surface area contributed by atoms with Crippen molar-refractivity contribution in [1.29, 1.82) is 0 Å². The van der Waals surface area contributed by atoms with Crippen LogP contribution in [0.25, 0.3) is 0 Å². The van der Waals surface area contributed by atoms with E-state index in [1.165, 1.54) is 0 Å². The summed E-state index contributed by atoms with van der Waals surface area (Å²) in [6, 6.07) is 0. The average Bonchev–Trinajstić information content (AvgIpc) is 3.20. The molecule has 1 aliphatic rings. The van der Waals surface area contributed by atoms with Crippen LogP contribution in [0.1, 0.15) is 29.0 Å². The molecule has 0 unspecified atom stereocenters. The van der Waals surface area contributed by atoms with Crippen molar-refractivity contribution in [3.63, 3.8) is 0 Å². The lowest BCUT2D eigenvalue weighted by Gasteiger charge is -2.28. The number of thiazole rings is 2. The third kappa shape index (κ3) is 3.87. The second kappa shape index (κ2) is 7.11. The molecule has 2 aromatic rings. The molecule has 0 aliphatic carbocycles. The lowest BCUT2D eigenvalue weighted by atomic mass is 10.1. The third-order valence-corrected chi connectivity index (χ3v) is 4.96. The van der Waals surface area contributed by atoms with Crippen LogP contribution in [-0.4, -0.2) is 33.5 Å². The molecule has 1 saturated heterocycles. The van der Waals surface area contributed by atoms with Crippen molar-refractivity contribution >= 4 is 28.6 Å². The SMILES string of the molecule is O=C([C@@H]1CCCCO1)N(Cc1cncs1)Cc1cncs1. The summed E-state index contributed by atoms with van der Waals surface area (Å²) in [5.74, 6) is 0.0801. The van der Waals surface area contributed by atoms with Crippen LogP contribution < -0.4 is 0 Å². The number of rotatable bonds is 5. The van der Waals surface area contributed by atoms with Crippen molar-refractivity contribution in [2.45, 2.75) is 38.5 Å². The Balaban J connectivity index is 1.72. The van der Waals surface area contributed by atoms with E-state index in [0.717, 1.165) is 29.0 Å². The third-order valence-electron chi connectivity index (χ3n) is 3.43. The van der Waals surface area contributed by atoms with Crippen LogP contribution in [-0.2, 0) is 22.6 Å². The number of nitrogens with zero attached hydrogens (tertiary/aromatic N) is 3. The zero-order valence-corrected chi connectivity index (χ0v) is 13.2. The van der Waals surface area contributed by atoms with Crippen LogP contribution in [0.15, 0.2) is 23.4 Å². The summed E-state index contributed by atoms with van der Waals surface area (Å²) in [7, 11) is 0. The largest absolute Gasteiger partial charge is 0.368 e. The molecule has 0 radical (unpaired) electrons. The molecule has 0 spiro atoms. The fourth-order valence-electron chi connectivity index (χ4n) is 2.37. The van der Waals surface area contributed by atoms with E-state index >= 15 is 0 Å². The minimum Gasteiger partial charge on any atom is -0.368 e. The Bertz CT molecular complexity index is 515. The van der Waals surface area contributed by atoms with Crippen molar-refractivity contribution in [1.82, 2.24) is 14.9 Å². The van der Waals surface area contributed by atoms with E-state index in [9.17, 15) is 4.79 Å². The monoisotopic (exact) mass is 323 g/mol. The standard InChI is InChI=1S/C14H17N3O2S2/c18-14(13-3-1-2-4-19-13)17(7-11-5-15-9-20-11)8-12-6-16-10-21-12/h5-6,9-10,13H,1-4,7-8H2/t13-/m0/s1. The van der Waals surface area contributed by atoms with Gasteiger partial charge in [0.2, 0.25) is 0 Å². The minimum absolute atomic E-state index is 0.0801. The van der Waals surface area contributed by atoms with Gasteiger partial charge < -0.3 is 9.64 Å². The summed E-state index contributed by atoms with van der Waals surface area (Å²) >= 11 is 3.14. The average molecular weight is 323 g/mol. The van der Waals surface area contributed by atoms with Gasteiger partial charge in [-0.15, -0.1) is 22.7 Å². The van der Waals surface area contributed by atoms with Crippen molar-refractivity contribution in [2.75, 3.05) is 6.61 Å². The lowest BCUT2D eigenvalue weighted by molar-refractivity contribution is -0.147. The molecule has 3 heterocycles. The van der Waals surface area contributed by atoms with Crippen molar-refractivity contribution in [3.05, 3.63) is 33.2 Å². The fourth-order valence-corrected chi connectivity index (χ4v) is 3.59. The quantitative estimate of drug-likeness (QED) is 0.849. The number of hydrogen-bond donors (Lipinski definition) is 0. The van der Waals surface area contributed by atoms with Crippen molar-refractivity contribution in [3.8, 4) is 0 Å². The van der Waals surface area contributed by atoms with Crippen molar-refractivity contribution in [2.24, 2.45) is 0 Å². The highest BCUT2D eigenvalue weighted by atomic mass is 32.1. The summed E-state index contributed by atoms with van der Waals surface area (Å²) in [5, 5.41) is 0. The van der Waals surface area contributed by atoms with E-state index in [2.05, 4.69) is 9.97 Å². The molecule has 7 heteroatoms. The number of carbonyl (C=O) groups is 1. The number of hydrogen-bond acceptors (Lipinski definition) is 6. The van der Waals surface area contributed by atoms with E-state index in [4.69, 9.17) is 4.74 Å². The highest BCUT2D eigenvalue weighted by molar-refractivity contribution is 7.09. The first-order valence-electron chi connectivity index (χ1n) is 6.98. The number of aromatic nitrogens is 2. The van der Waals surface area contributed by atoms with Crippen LogP contribution in [0.3, 0.4) is 0 Å². The molecule has 0 aromatic carbocycles. The first kappa shape index (κ1) is 14.6. The molecular weight excluding hydrogens is 306 g/mol. The Morgan fingerprint density at radius 2 is 1.86 bits per heavy atom. The van der Waals surface area contributed by atoms with Gasteiger partial charge in [0, 0.05) is 28.8 Å². The second-order valence-corrected chi connectivity index (χ2v) is 6.93. The Labute approximate surface area is 131 Å². The highest BCUT2D eigenvalue weighted by Crippen LogP contribution is 2.20. The molecule has 21 heavy (non-hydrogen) atoms. The molecule has 5 nitrogen and oxygen atoms in total. The van der Waals surface area contributed by atoms with Crippen molar-refractivity contribution < 1.29 is 9.53 Å². The number of ether oxygens (including phenoxy) is 1. The zero-order chi connectivity index (χ0) is 14.5. The molecule has 3 rings (SSSR count). The van der Waals surface area contributed by atoms with Crippen LogP contribution in [0.4, 0.5) is 0 Å². The van der Waals surface area contributed by atoms with E-state index < -0.39 is 0 Å². The smallest absolute Gasteiger partial charge is 0.252 e. The predicted molar refractivity (Wildman–Crippen MR) is 82.1 cm³/mol. The fraction of sp³-hybridized carbons (Fsp3) is 0.500. The summed E-state index contributed by atoms with van der Waals surface area (Å²) in [5.41, 5.74) is 3.59. The molecule has 0 N–H and O–H groups in total. The van der Waals surface area contributed by atoms with Gasteiger partial charge in [0.05, 0.1) is 24.1 Å². The van der Waals surface area contributed by atoms with E-state index in [0.29, 0.717) is 19.7 Å². The maximum atomic E-state index is 12.7. The molecule has 1 atom stereocenters. The van der Waals surface area contributed by atoms with Gasteiger partial charge in [-0.05, 0) is 19.3 Å². The Kier molecular flexibility index (Phi) is 4.95. The molecule has 1 amide bonds. The van der Waals surface area contributed by atoms with E-state index in [1.807, 2.05) is 17.3 Å².